The van der Waals surface area contributed by atoms with Gasteiger partial charge in [0.15, 0.2) is 0 Å². The fourth-order valence-corrected chi connectivity index (χ4v) is 4.00. The Hall–Kier alpha value is -0.260. The molecule has 1 atom stereocenters. The van der Waals surface area contributed by atoms with Crippen molar-refractivity contribution < 1.29 is 26.7 Å². The molecule has 0 aromatic rings. The normalized spacial score (nSPS) is 35.4. The first-order valence-corrected chi connectivity index (χ1v) is 8.73. The van der Waals surface area contributed by atoms with Crippen LogP contribution >= 0.6 is 0 Å². The molecule has 0 saturated heterocycles. The van der Waals surface area contributed by atoms with E-state index in [9.17, 15) is 4.79 Å². The van der Waals surface area contributed by atoms with Gasteiger partial charge in [0, 0.05) is 0 Å². The van der Waals surface area contributed by atoms with Crippen molar-refractivity contribution in [3.63, 3.8) is 0 Å². The van der Waals surface area contributed by atoms with Crippen LogP contribution in [-0.2, 0) is 3.07 Å². The third kappa shape index (κ3) is 1.62. The summed E-state index contributed by atoms with van der Waals surface area (Å²) in [6.07, 6.45) is 1.77. The zero-order chi connectivity index (χ0) is 7.61. The van der Waals surface area contributed by atoms with E-state index in [2.05, 4.69) is 20.4 Å². The quantitative estimate of drug-likeness (QED) is 0.418. The molecule has 0 spiro atoms. The molecule has 0 bridgehead atoms. The van der Waals surface area contributed by atoms with Crippen LogP contribution in [0.25, 0.3) is 0 Å². The van der Waals surface area contributed by atoms with Crippen LogP contribution in [0.2, 0.25) is 0 Å². The topological polar surface area (TPSA) is 38.3 Å². The minimum atomic E-state index is -2.07. The number of alkyl halides is 2. The average Bonchev–Trinajstić information content (AvgIpc) is 1.84. The van der Waals surface area contributed by atoms with Crippen LogP contribution in [0.5, 0.6) is 0 Å². The van der Waals surface area contributed by atoms with Crippen molar-refractivity contribution in [3.8, 4) is 0 Å². The van der Waals surface area contributed by atoms with Gasteiger partial charge in [-0.15, -0.1) is 0 Å². The van der Waals surface area contributed by atoms with Crippen molar-refractivity contribution in [1.29, 1.82) is 0 Å². The molecular weight excluding hydrogens is 245 g/mol. The Bertz CT molecular complexity index is 181. The summed E-state index contributed by atoms with van der Waals surface area (Å²) < 4.78 is 8.22. The second-order valence-corrected chi connectivity index (χ2v) is 9.83. The molecular formula is C6H11INO2-. The van der Waals surface area contributed by atoms with Gasteiger partial charge in [-0.05, 0) is 0 Å². The van der Waals surface area contributed by atoms with E-state index in [1.54, 1.807) is 7.05 Å². The zero-order valence-corrected chi connectivity index (χ0v) is 8.21. The number of halogens is 1. The Morgan fingerprint density at radius 2 is 2.40 bits per heavy atom. The first kappa shape index (κ1) is 7.84. The minimum absolute atomic E-state index is 0.289. The molecule has 0 fully saturated rings. The zero-order valence-electron chi connectivity index (χ0n) is 6.06. The van der Waals surface area contributed by atoms with Crippen LogP contribution in [0.15, 0.2) is 10.2 Å². The monoisotopic (exact) mass is 256 g/mol. The molecule has 1 rings (SSSR count). The first-order valence-electron chi connectivity index (χ1n) is 2.92. The summed E-state index contributed by atoms with van der Waals surface area (Å²) in [4.78, 5) is 12.8. The van der Waals surface area contributed by atoms with Gasteiger partial charge < -0.3 is 0 Å². The molecule has 0 aromatic carbocycles. The van der Waals surface area contributed by atoms with E-state index in [-0.39, 0.29) is 6.09 Å². The van der Waals surface area contributed by atoms with Gasteiger partial charge in [0.25, 0.3) is 0 Å². The maximum atomic E-state index is 10.7. The molecule has 0 aromatic heterocycles. The fraction of sp³-hybridized carbons (Fsp3) is 0.500. The SMILES string of the molecule is CNC(=O)O[I-]1(C)C=CC1. The summed E-state index contributed by atoms with van der Waals surface area (Å²) in [5, 5.41) is 2.44. The van der Waals surface area contributed by atoms with E-state index in [0.29, 0.717) is 0 Å². The maximum absolute atomic E-state index is 10.7. The van der Waals surface area contributed by atoms with Crippen molar-refractivity contribution in [2.75, 3.05) is 16.4 Å². The predicted molar refractivity (Wildman–Crippen MR) is 35.5 cm³/mol. The van der Waals surface area contributed by atoms with E-state index >= 15 is 0 Å². The second kappa shape index (κ2) is 2.77. The van der Waals surface area contributed by atoms with Crippen molar-refractivity contribution in [3.05, 3.63) is 10.2 Å². The summed E-state index contributed by atoms with van der Waals surface area (Å²) in [6, 6.07) is 0. The number of carbonyl (C=O) groups is 1. The Morgan fingerprint density at radius 3 is 2.70 bits per heavy atom. The molecule has 0 aliphatic carbocycles. The Kier molecular flexibility index (Phi) is 2.18. The molecule has 0 radical (unpaired) electrons. The van der Waals surface area contributed by atoms with Crippen molar-refractivity contribution in [2.24, 2.45) is 0 Å². The van der Waals surface area contributed by atoms with E-state index in [4.69, 9.17) is 3.07 Å². The Labute approximate surface area is 64.9 Å². The third-order valence-electron chi connectivity index (χ3n) is 1.20. The van der Waals surface area contributed by atoms with Gasteiger partial charge in [0.2, 0.25) is 0 Å². The molecule has 3 nitrogen and oxygen atoms in total. The standard InChI is InChI=1S/C6H11INO2/c1-7(4-3-5-7)10-6(9)8-2/h3-4H,5H2,1-2H3,(H,8,9)/q-1. The van der Waals surface area contributed by atoms with Gasteiger partial charge in [-0.1, -0.05) is 0 Å². The number of amides is 1. The van der Waals surface area contributed by atoms with Crippen molar-refractivity contribution >= 4 is 6.09 Å². The molecule has 60 valence electrons. The summed E-state index contributed by atoms with van der Waals surface area (Å²) in [7, 11) is 1.58. The molecule has 1 amide bonds. The predicted octanol–water partition coefficient (Wildman–Crippen LogP) is -2.43. The van der Waals surface area contributed by atoms with Gasteiger partial charge in [0.1, 0.15) is 0 Å². The molecule has 0 saturated carbocycles. The summed E-state index contributed by atoms with van der Waals surface area (Å²) in [5.41, 5.74) is 0. The van der Waals surface area contributed by atoms with Gasteiger partial charge in [0.05, 0.1) is 0 Å². The number of carbonyl (C=O) groups excluding carboxylic acids is 1. The number of rotatable bonds is 1. The van der Waals surface area contributed by atoms with Gasteiger partial charge in [-0.3, -0.25) is 0 Å². The number of nitrogens with one attached hydrogen (secondary N) is 1. The van der Waals surface area contributed by atoms with Crippen LogP contribution in [0.4, 0.5) is 4.79 Å². The molecule has 1 heterocycles. The summed E-state index contributed by atoms with van der Waals surface area (Å²) >= 11 is -2.07. The fourth-order valence-electron chi connectivity index (χ4n) is 0.596. The van der Waals surface area contributed by atoms with E-state index < -0.39 is 18.8 Å². The van der Waals surface area contributed by atoms with Crippen LogP contribution in [-0.4, -0.2) is 22.5 Å². The van der Waals surface area contributed by atoms with Gasteiger partial charge in [-0.2, -0.15) is 0 Å². The molecule has 10 heavy (non-hydrogen) atoms. The van der Waals surface area contributed by atoms with Crippen LogP contribution in [0.3, 0.4) is 0 Å². The van der Waals surface area contributed by atoms with Gasteiger partial charge in [-0.25, -0.2) is 0 Å². The van der Waals surface area contributed by atoms with Gasteiger partial charge >= 0.3 is 64.7 Å². The van der Waals surface area contributed by atoms with Crippen LogP contribution in [0.1, 0.15) is 0 Å². The van der Waals surface area contributed by atoms with E-state index in [1.807, 2.05) is 0 Å². The molecule has 1 aliphatic heterocycles. The first-order chi connectivity index (χ1) is 4.66. The Morgan fingerprint density at radius 1 is 1.80 bits per heavy atom. The molecule has 1 aliphatic rings. The number of hydrogen-bond donors (Lipinski definition) is 1. The molecule has 1 unspecified atom stereocenters. The van der Waals surface area contributed by atoms with Crippen molar-refractivity contribution in [1.82, 2.24) is 5.32 Å². The summed E-state index contributed by atoms with van der Waals surface area (Å²) in [6.45, 7) is 0. The average molecular weight is 256 g/mol. The number of hydrogen-bond acceptors (Lipinski definition) is 2. The second-order valence-electron chi connectivity index (χ2n) is 2.12. The molecule has 4 heteroatoms. The Balaban J connectivity index is 2.38. The molecule has 1 N–H and O–H groups in total. The van der Waals surface area contributed by atoms with Crippen molar-refractivity contribution in [2.45, 2.75) is 0 Å². The van der Waals surface area contributed by atoms with E-state index in [0.717, 1.165) is 4.43 Å². The summed E-state index contributed by atoms with van der Waals surface area (Å²) in [5.74, 6) is 0. The van der Waals surface area contributed by atoms with E-state index in [1.165, 1.54) is 0 Å². The number of allylic oxidation sites excluding steroid dienone is 1. The third-order valence-corrected chi connectivity index (χ3v) is 6.89. The van der Waals surface area contributed by atoms with Crippen LogP contribution < -0.4 is 24.2 Å². The van der Waals surface area contributed by atoms with Crippen LogP contribution in [0, 0.1) is 0 Å².